The van der Waals surface area contributed by atoms with Crippen LogP contribution in [0.5, 0.6) is 0 Å². The van der Waals surface area contributed by atoms with Crippen LogP contribution >= 0.6 is 0 Å². The lowest BCUT2D eigenvalue weighted by atomic mass is 10.0. The monoisotopic (exact) mass is 440 g/mol. The highest BCUT2D eigenvalue weighted by molar-refractivity contribution is 5.87. The molecule has 0 atom stereocenters. The maximum absolute atomic E-state index is 11.2. The Balaban J connectivity index is 0. The van der Waals surface area contributed by atoms with Crippen molar-refractivity contribution in [3.05, 3.63) is 0 Å². The summed E-state index contributed by atoms with van der Waals surface area (Å²) in [4.78, 5) is 29.8. The molecule has 0 unspecified atom stereocenters. The number of carbonyl (C=O) groups excluding carboxylic acids is 2. The van der Waals surface area contributed by atoms with Gasteiger partial charge in [-0.05, 0) is 6.42 Å². The van der Waals surface area contributed by atoms with E-state index in [0.717, 1.165) is 12.8 Å². The number of carboxylic acid groups (broad SMARTS) is 1. The topological polar surface area (TPSA) is 80.7 Å². The van der Waals surface area contributed by atoms with Gasteiger partial charge in [-0.15, -0.1) is 0 Å². The molecule has 0 radical (unpaired) electrons. The molecule has 0 aliphatic heterocycles. The summed E-state index contributed by atoms with van der Waals surface area (Å²) >= 11 is 0. The Bertz CT molecular complexity index is 451. The van der Waals surface area contributed by atoms with Crippen molar-refractivity contribution in [3.63, 3.8) is 0 Å². The number of ether oxygens (including phenoxy) is 1. The molecule has 178 valence electrons. The molecule has 0 amide bonds. The Morgan fingerprint density at radius 3 is 1.27 bits per heavy atom. The molecule has 0 heterocycles. The van der Waals surface area contributed by atoms with Gasteiger partial charge in [0.2, 0.25) is 0 Å². The Kier molecular flexibility index (Phi) is 21.1. The number of carbonyl (C=O) groups is 3. The first-order chi connectivity index (χ1) is 14.1. The molecule has 0 aromatic rings. The van der Waals surface area contributed by atoms with Gasteiger partial charge in [0.25, 0.3) is 0 Å². The number of rotatable bonds is 16. The zero-order chi connectivity index (χ0) is 23.3. The van der Waals surface area contributed by atoms with E-state index in [4.69, 9.17) is 5.11 Å². The molecule has 1 N–H and O–H groups in total. The van der Waals surface area contributed by atoms with Crippen LogP contribution in [0.15, 0.2) is 0 Å². The van der Waals surface area contributed by atoms with Crippen molar-refractivity contribution >= 4 is 17.9 Å². The van der Waals surface area contributed by atoms with Crippen molar-refractivity contribution in [1.82, 2.24) is 0 Å². The Labute approximate surface area is 178 Å². The molecule has 0 rings (SSSR count). The highest BCUT2D eigenvalue weighted by atomic mass is 19.4. The summed E-state index contributed by atoms with van der Waals surface area (Å²) in [6.07, 6.45) is 15.1. The molecule has 0 saturated carbocycles. The van der Waals surface area contributed by atoms with Crippen LogP contribution in [0, 0.1) is 0 Å². The number of hydrogen-bond donors (Lipinski definition) is 1. The molecule has 30 heavy (non-hydrogen) atoms. The quantitative estimate of drug-likeness (QED) is 0.159. The maximum atomic E-state index is 11.2. The lowest BCUT2D eigenvalue weighted by Gasteiger charge is -2.03. The zero-order valence-corrected chi connectivity index (χ0v) is 18.5. The van der Waals surface area contributed by atoms with Crippen molar-refractivity contribution in [3.8, 4) is 0 Å². The lowest BCUT2D eigenvalue weighted by Crippen LogP contribution is -2.26. The van der Waals surface area contributed by atoms with Gasteiger partial charge in [0.15, 0.2) is 0 Å². The van der Waals surface area contributed by atoms with Crippen LogP contribution in [0.2, 0.25) is 0 Å². The largest absolute Gasteiger partial charge is 0.491 e. The SMILES string of the molecule is CC(=O)OC(=O)C(F)(F)F.CCCCCCCCCCCCCCCCCC(=O)O. The molecule has 0 bridgehead atoms. The van der Waals surface area contributed by atoms with Crippen molar-refractivity contribution in [2.75, 3.05) is 0 Å². The second-order valence-electron chi connectivity index (χ2n) is 7.47. The number of halogens is 3. The van der Waals surface area contributed by atoms with Gasteiger partial charge in [0.1, 0.15) is 0 Å². The molecular formula is C22H39F3O5. The number of unbranched alkanes of at least 4 members (excludes halogenated alkanes) is 14. The number of carboxylic acids is 1. The summed E-state index contributed by atoms with van der Waals surface area (Å²) in [5.41, 5.74) is 0. The van der Waals surface area contributed by atoms with Crippen LogP contribution in [-0.2, 0) is 19.1 Å². The predicted molar refractivity (Wildman–Crippen MR) is 110 cm³/mol. The summed E-state index contributed by atoms with van der Waals surface area (Å²) < 4.78 is 36.8. The number of esters is 2. The molecule has 0 aliphatic carbocycles. The van der Waals surface area contributed by atoms with Gasteiger partial charge in [-0.2, -0.15) is 13.2 Å². The number of aliphatic carboxylic acids is 1. The fourth-order valence-corrected chi connectivity index (χ4v) is 2.84. The van der Waals surface area contributed by atoms with Crippen molar-refractivity contribution in [2.45, 2.75) is 123 Å². The summed E-state index contributed by atoms with van der Waals surface area (Å²) in [7, 11) is 0. The van der Waals surface area contributed by atoms with E-state index in [9.17, 15) is 27.6 Å². The van der Waals surface area contributed by atoms with E-state index in [1.54, 1.807) is 0 Å². The molecule has 0 spiro atoms. The van der Waals surface area contributed by atoms with Gasteiger partial charge in [-0.3, -0.25) is 9.59 Å². The van der Waals surface area contributed by atoms with Gasteiger partial charge in [0, 0.05) is 13.3 Å². The Morgan fingerprint density at radius 2 is 1.03 bits per heavy atom. The molecule has 0 aromatic carbocycles. The standard InChI is InChI=1S/C18H36O2.C4H3F3O3/c1-2-3-4-5-6-7-8-9-10-11-12-13-14-15-16-17-18(19)20;1-2(8)10-3(9)4(5,6)7/h2-17H2,1H3,(H,19,20);1H3. The van der Waals surface area contributed by atoms with E-state index in [2.05, 4.69) is 11.7 Å². The summed E-state index contributed by atoms with van der Waals surface area (Å²) in [6, 6.07) is 0. The summed E-state index contributed by atoms with van der Waals surface area (Å²) in [5.74, 6) is -4.41. The van der Waals surface area contributed by atoms with Crippen LogP contribution < -0.4 is 0 Å². The minimum absolute atomic E-state index is 0.345. The first kappa shape index (κ1) is 30.6. The lowest BCUT2D eigenvalue weighted by molar-refractivity contribution is -0.201. The molecule has 0 aromatic heterocycles. The third kappa shape index (κ3) is 26.4. The van der Waals surface area contributed by atoms with Crippen LogP contribution in [0.3, 0.4) is 0 Å². The van der Waals surface area contributed by atoms with Gasteiger partial charge in [-0.25, -0.2) is 4.79 Å². The fourth-order valence-electron chi connectivity index (χ4n) is 2.84. The Morgan fingerprint density at radius 1 is 0.700 bits per heavy atom. The number of alkyl halides is 3. The van der Waals surface area contributed by atoms with Crippen molar-refractivity contribution < 1.29 is 37.4 Å². The van der Waals surface area contributed by atoms with Crippen molar-refractivity contribution in [2.24, 2.45) is 0 Å². The van der Waals surface area contributed by atoms with E-state index in [1.807, 2.05) is 0 Å². The molecule has 5 nitrogen and oxygen atoms in total. The third-order valence-corrected chi connectivity index (χ3v) is 4.46. The first-order valence-corrected chi connectivity index (χ1v) is 11.1. The van der Waals surface area contributed by atoms with Crippen LogP contribution in [0.4, 0.5) is 13.2 Å². The third-order valence-electron chi connectivity index (χ3n) is 4.46. The van der Waals surface area contributed by atoms with E-state index in [0.29, 0.717) is 13.3 Å². The minimum atomic E-state index is -5.09. The van der Waals surface area contributed by atoms with E-state index in [-0.39, 0.29) is 0 Å². The van der Waals surface area contributed by atoms with Gasteiger partial charge < -0.3 is 9.84 Å². The molecular weight excluding hydrogens is 401 g/mol. The van der Waals surface area contributed by atoms with Crippen LogP contribution in [0.1, 0.15) is 117 Å². The first-order valence-electron chi connectivity index (χ1n) is 11.1. The smallest absolute Gasteiger partial charge is 0.481 e. The Hall–Kier alpha value is -1.60. The highest BCUT2D eigenvalue weighted by Gasteiger charge is 2.41. The van der Waals surface area contributed by atoms with E-state index >= 15 is 0 Å². The van der Waals surface area contributed by atoms with Gasteiger partial charge >= 0.3 is 24.1 Å². The zero-order valence-electron chi connectivity index (χ0n) is 18.5. The van der Waals surface area contributed by atoms with Gasteiger partial charge in [0.05, 0.1) is 0 Å². The number of hydrogen-bond acceptors (Lipinski definition) is 4. The predicted octanol–water partition coefficient (Wildman–Crippen LogP) is 6.97. The maximum Gasteiger partial charge on any atom is 0.491 e. The summed E-state index contributed by atoms with van der Waals surface area (Å²) in [5, 5.41) is 8.52. The second-order valence-corrected chi connectivity index (χ2v) is 7.47. The van der Waals surface area contributed by atoms with E-state index < -0.39 is 24.1 Å². The molecule has 0 saturated heterocycles. The van der Waals surface area contributed by atoms with Crippen LogP contribution in [0.25, 0.3) is 0 Å². The normalized spacial score (nSPS) is 10.8. The van der Waals surface area contributed by atoms with Crippen LogP contribution in [-0.4, -0.2) is 29.2 Å². The average Bonchev–Trinajstić information content (AvgIpc) is 2.64. The molecule has 8 heteroatoms. The fraction of sp³-hybridized carbons (Fsp3) is 0.864. The summed E-state index contributed by atoms with van der Waals surface area (Å²) in [6.45, 7) is 2.98. The second kappa shape index (κ2) is 20.7. The van der Waals surface area contributed by atoms with Crippen molar-refractivity contribution in [1.29, 1.82) is 0 Å². The van der Waals surface area contributed by atoms with Gasteiger partial charge in [-0.1, -0.05) is 96.8 Å². The minimum Gasteiger partial charge on any atom is -0.481 e. The average molecular weight is 441 g/mol. The molecule has 0 aliphatic rings. The van der Waals surface area contributed by atoms with E-state index in [1.165, 1.54) is 83.5 Å². The molecule has 0 fully saturated rings. The highest BCUT2D eigenvalue weighted by Crippen LogP contribution is 2.16.